The average Bonchev–Trinajstić information content (AvgIpc) is 3.34. The zero-order valence-corrected chi connectivity index (χ0v) is 14.8. The van der Waals surface area contributed by atoms with Crippen molar-refractivity contribution in [1.82, 2.24) is 10.2 Å². The van der Waals surface area contributed by atoms with E-state index in [1.165, 1.54) is 12.1 Å². The third kappa shape index (κ3) is 3.70. The van der Waals surface area contributed by atoms with E-state index in [9.17, 15) is 17.2 Å². The van der Waals surface area contributed by atoms with Crippen LogP contribution in [-0.2, 0) is 10.0 Å². The van der Waals surface area contributed by atoms with Gasteiger partial charge in [0.1, 0.15) is 11.6 Å². The van der Waals surface area contributed by atoms with Gasteiger partial charge in [-0.1, -0.05) is 12.8 Å². The van der Waals surface area contributed by atoms with E-state index in [0.29, 0.717) is 12.0 Å². The fraction of sp³-hybridized carbons (Fsp3) is 0.294. The van der Waals surface area contributed by atoms with Crippen LogP contribution in [0.1, 0.15) is 37.5 Å². The van der Waals surface area contributed by atoms with Crippen molar-refractivity contribution in [3.8, 4) is 11.7 Å². The first-order chi connectivity index (χ1) is 12.9. The second-order valence-corrected chi connectivity index (χ2v) is 7.92. The maximum atomic E-state index is 13.2. The van der Waals surface area contributed by atoms with Crippen LogP contribution in [0, 0.1) is 11.6 Å². The van der Waals surface area contributed by atoms with E-state index in [4.69, 9.17) is 8.83 Å². The predicted octanol–water partition coefficient (Wildman–Crippen LogP) is 4.07. The Bertz CT molecular complexity index is 1050. The first kappa shape index (κ1) is 17.7. The van der Waals surface area contributed by atoms with E-state index in [2.05, 4.69) is 14.9 Å². The third-order valence-electron chi connectivity index (χ3n) is 4.32. The second kappa shape index (κ2) is 6.76. The summed E-state index contributed by atoms with van der Waals surface area (Å²) < 4.78 is 64.2. The zero-order valence-electron chi connectivity index (χ0n) is 14.0. The van der Waals surface area contributed by atoms with Crippen molar-refractivity contribution in [3.05, 3.63) is 47.9 Å². The number of benzene rings is 1. The summed E-state index contributed by atoms with van der Waals surface area (Å²) in [6.07, 6.45) is 4.18. The standard InChI is InChI=1S/C17H15F2N3O4S/c18-11-7-12(19)9-13(8-11)22-27(23,24)15-6-5-14(25-15)17-21-20-16(26-17)10-3-1-2-4-10/h5-10,22H,1-4H2. The van der Waals surface area contributed by atoms with Crippen LogP contribution < -0.4 is 4.72 Å². The van der Waals surface area contributed by atoms with Gasteiger partial charge in [-0.05, 0) is 37.1 Å². The normalized spacial score (nSPS) is 15.3. The lowest BCUT2D eigenvalue weighted by atomic mass is 10.1. The molecule has 1 N–H and O–H groups in total. The van der Waals surface area contributed by atoms with Crippen LogP contribution in [0.15, 0.2) is 44.3 Å². The number of hydrogen-bond acceptors (Lipinski definition) is 6. The lowest BCUT2D eigenvalue weighted by molar-refractivity contribution is 0.421. The Kier molecular flexibility index (Phi) is 4.42. The molecule has 4 rings (SSSR count). The number of halogens is 2. The molecule has 142 valence electrons. The van der Waals surface area contributed by atoms with Crippen LogP contribution in [0.2, 0.25) is 0 Å². The molecule has 0 atom stereocenters. The van der Waals surface area contributed by atoms with Crippen molar-refractivity contribution in [2.75, 3.05) is 4.72 Å². The van der Waals surface area contributed by atoms with Crippen LogP contribution in [0.25, 0.3) is 11.7 Å². The van der Waals surface area contributed by atoms with Gasteiger partial charge in [0.05, 0.1) is 5.69 Å². The first-order valence-electron chi connectivity index (χ1n) is 8.33. The van der Waals surface area contributed by atoms with Gasteiger partial charge >= 0.3 is 0 Å². The molecule has 1 saturated carbocycles. The molecule has 7 nitrogen and oxygen atoms in total. The van der Waals surface area contributed by atoms with Crippen LogP contribution >= 0.6 is 0 Å². The second-order valence-electron chi connectivity index (χ2n) is 6.31. The number of anilines is 1. The molecule has 0 amide bonds. The molecule has 10 heteroatoms. The summed E-state index contributed by atoms with van der Waals surface area (Å²) in [6, 6.07) is 4.94. The van der Waals surface area contributed by atoms with Gasteiger partial charge in [-0.3, -0.25) is 4.72 Å². The average molecular weight is 395 g/mol. The molecule has 1 aliphatic carbocycles. The number of nitrogens with one attached hydrogen (secondary N) is 1. The number of aromatic nitrogens is 2. The molecule has 2 heterocycles. The van der Waals surface area contributed by atoms with Gasteiger partial charge in [0.15, 0.2) is 5.76 Å². The molecule has 0 unspecified atom stereocenters. The Morgan fingerprint density at radius 1 is 1.00 bits per heavy atom. The van der Waals surface area contributed by atoms with Crippen LogP contribution in [0.3, 0.4) is 0 Å². The van der Waals surface area contributed by atoms with Gasteiger partial charge in [0.2, 0.25) is 11.0 Å². The fourth-order valence-electron chi connectivity index (χ4n) is 3.07. The Balaban J connectivity index is 1.56. The molecule has 0 bridgehead atoms. The summed E-state index contributed by atoms with van der Waals surface area (Å²) in [5.41, 5.74) is -0.258. The summed E-state index contributed by atoms with van der Waals surface area (Å²) >= 11 is 0. The van der Waals surface area contributed by atoms with Crippen LogP contribution in [0.4, 0.5) is 14.5 Å². The Morgan fingerprint density at radius 3 is 2.41 bits per heavy atom. The number of sulfonamides is 1. The van der Waals surface area contributed by atoms with Crippen LogP contribution in [0.5, 0.6) is 0 Å². The Morgan fingerprint density at radius 2 is 1.70 bits per heavy atom. The summed E-state index contributed by atoms with van der Waals surface area (Å²) in [5, 5.41) is 7.48. The summed E-state index contributed by atoms with van der Waals surface area (Å²) in [4.78, 5) is 0. The quantitative estimate of drug-likeness (QED) is 0.699. The fourth-order valence-corrected chi connectivity index (χ4v) is 4.05. The Hall–Kier alpha value is -2.75. The van der Waals surface area contributed by atoms with Crippen molar-refractivity contribution in [2.45, 2.75) is 36.7 Å². The van der Waals surface area contributed by atoms with Gasteiger partial charge < -0.3 is 8.83 Å². The van der Waals surface area contributed by atoms with E-state index in [-0.39, 0.29) is 23.3 Å². The number of furan rings is 1. The summed E-state index contributed by atoms with van der Waals surface area (Å²) in [7, 11) is -4.18. The van der Waals surface area contributed by atoms with Gasteiger partial charge in [0, 0.05) is 12.0 Å². The zero-order chi connectivity index (χ0) is 19.0. The molecule has 0 saturated heterocycles. The van der Waals surface area contributed by atoms with Crippen molar-refractivity contribution in [1.29, 1.82) is 0 Å². The molecule has 3 aromatic rings. The highest BCUT2D eigenvalue weighted by molar-refractivity contribution is 7.92. The van der Waals surface area contributed by atoms with Gasteiger partial charge in [0.25, 0.3) is 15.9 Å². The largest absolute Gasteiger partial charge is 0.438 e. The highest BCUT2D eigenvalue weighted by atomic mass is 32.2. The smallest absolute Gasteiger partial charge is 0.295 e. The molecule has 1 aliphatic rings. The molecular weight excluding hydrogens is 380 g/mol. The molecule has 27 heavy (non-hydrogen) atoms. The monoisotopic (exact) mass is 395 g/mol. The van der Waals surface area contributed by atoms with Crippen molar-refractivity contribution in [3.63, 3.8) is 0 Å². The third-order valence-corrected chi connectivity index (χ3v) is 5.57. The number of rotatable bonds is 5. The highest BCUT2D eigenvalue weighted by Gasteiger charge is 2.25. The van der Waals surface area contributed by atoms with Gasteiger partial charge in [-0.2, -0.15) is 8.42 Å². The first-order valence-corrected chi connectivity index (χ1v) is 9.81. The minimum absolute atomic E-state index is 0.0788. The predicted molar refractivity (Wildman–Crippen MR) is 90.4 cm³/mol. The Labute approximate surface area is 153 Å². The molecule has 1 aromatic carbocycles. The lowest BCUT2D eigenvalue weighted by Crippen LogP contribution is -2.12. The van der Waals surface area contributed by atoms with Crippen molar-refractivity contribution < 1.29 is 26.0 Å². The number of hydrogen-bond donors (Lipinski definition) is 1. The molecule has 0 aliphatic heterocycles. The van der Waals surface area contributed by atoms with E-state index < -0.39 is 26.8 Å². The van der Waals surface area contributed by atoms with E-state index in [0.717, 1.165) is 37.8 Å². The molecule has 2 aromatic heterocycles. The van der Waals surface area contributed by atoms with Crippen molar-refractivity contribution in [2.24, 2.45) is 0 Å². The van der Waals surface area contributed by atoms with E-state index in [1.54, 1.807) is 0 Å². The summed E-state index contributed by atoms with van der Waals surface area (Å²) in [6.45, 7) is 0. The van der Waals surface area contributed by atoms with Crippen LogP contribution in [-0.4, -0.2) is 18.6 Å². The van der Waals surface area contributed by atoms with Gasteiger partial charge in [-0.25, -0.2) is 8.78 Å². The topological polar surface area (TPSA) is 98.2 Å². The molecule has 0 spiro atoms. The molecular formula is C17H15F2N3O4S. The lowest BCUT2D eigenvalue weighted by Gasteiger charge is -2.05. The van der Waals surface area contributed by atoms with Gasteiger partial charge in [-0.15, -0.1) is 10.2 Å². The number of nitrogens with zero attached hydrogens (tertiary/aromatic N) is 2. The maximum Gasteiger partial charge on any atom is 0.295 e. The maximum absolute atomic E-state index is 13.2. The highest BCUT2D eigenvalue weighted by Crippen LogP contribution is 2.35. The minimum atomic E-state index is -4.18. The summed E-state index contributed by atoms with van der Waals surface area (Å²) in [5.74, 6) is -0.908. The van der Waals surface area contributed by atoms with E-state index in [1.807, 2.05) is 0 Å². The molecule has 1 fully saturated rings. The SMILES string of the molecule is O=S(=O)(Nc1cc(F)cc(F)c1)c1ccc(-c2nnc(C3CCCC3)o2)o1. The van der Waals surface area contributed by atoms with Crippen molar-refractivity contribution >= 4 is 15.7 Å². The molecule has 0 radical (unpaired) electrons. The minimum Gasteiger partial charge on any atom is -0.438 e. The van der Waals surface area contributed by atoms with E-state index >= 15 is 0 Å².